The highest BCUT2D eigenvalue weighted by molar-refractivity contribution is 5.76. The Bertz CT molecular complexity index is 435. The van der Waals surface area contributed by atoms with E-state index in [9.17, 15) is 8.78 Å². The monoisotopic (exact) mass is 204 g/mol. The zero-order valence-electron chi connectivity index (χ0n) is 8.08. The average molecular weight is 204 g/mol. The van der Waals surface area contributed by atoms with Gasteiger partial charge in [-0.3, -0.25) is 0 Å². The topological polar surface area (TPSA) is 0 Å². The van der Waals surface area contributed by atoms with E-state index in [-0.39, 0.29) is 5.57 Å². The van der Waals surface area contributed by atoms with Gasteiger partial charge in [-0.1, -0.05) is 48.6 Å². The summed E-state index contributed by atoms with van der Waals surface area (Å²) in [5.41, 5.74) is 2.17. The first-order valence-corrected chi connectivity index (χ1v) is 4.75. The highest BCUT2D eigenvalue weighted by Gasteiger charge is 2.07. The molecule has 0 aromatic heterocycles. The second kappa shape index (κ2) is 4.22. The van der Waals surface area contributed by atoms with Gasteiger partial charge in [0.2, 0.25) is 0 Å². The van der Waals surface area contributed by atoms with Gasteiger partial charge in [0.1, 0.15) is 0 Å². The first-order valence-electron chi connectivity index (χ1n) is 4.75. The second-order valence-corrected chi connectivity index (χ2v) is 3.35. The third kappa shape index (κ3) is 2.21. The summed E-state index contributed by atoms with van der Waals surface area (Å²) in [4.78, 5) is 0. The van der Waals surface area contributed by atoms with Crippen LogP contribution in [0.25, 0.3) is 5.57 Å². The van der Waals surface area contributed by atoms with E-state index in [1.54, 1.807) is 6.08 Å². The molecule has 76 valence electrons. The molecule has 1 aliphatic carbocycles. The van der Waals surface area contributed by atoms with Gasteiger partial charge in [-0.2, -0.15) is 8.78 Å². The van der Waals surface area contributed by atoms with Crippen LogP contribution in [0, 0.1) is 0 Å². The van der Waals surface area contributed by atoms with Crippen molar-refractivity contribution in [2.45, 2.75) is 6.42 Å². The number of halogens is 2. The summed E-state index contributed by atoms with van der Waals surface area (Å²) >= 11 is 0. The molecule has 0 nitrogen and oxygen atoms in total. The maximum absolute atomic E-state index is 12.2. The van der Waals surface area contributed by atoms with Gasteiger partial charge in [0.15, 0.2) is 0 Å². The zero-order chi connectivity index (χ0) is 10.7. The minimum atomic E-state index is -1.59. The fourth-order valence-corrected chi connectivity index (χ4v) is 1.53. The lowest BCUT2D eigenvalue weighted by molar-refractivity contribution is 0.413. The normalized spacial score (nSPS) is 15.1. The molecule has 0 aliphatic heterocycles. The Kier molecular flexibility index (Phi) is 2.77. The largest absolute Gasteiger partial charge is 0.273 e. The molecule has 0 saturated heterocycles. The number of rotatable bonds is 1. The summed E-state index contributed by atoms with van der Waals surface area (Å²) in [6.45, 7) is 0. The van der Waals surface area contributed by atoms with Crippen LogP contribution in [0.2, 0.25) is 0 Å². The smallest absolute Gasteiger partial charge is 0.173 e. The molecule has 0 spiro atoms. The standard InChI is InChI=1S/C13H10F2/c14-13(15)12-8-6-11(7-9-12)10-4-2-1-3-5-10/h1-8H,9H2. The highest BCUT2D eigenvalue weighted by Crippen LogP contribution is 2.25. The maximum atomic E-state index is 12.2. The Balaban J connectivity index is 2.24. The van der Waals surface area contributed by atoms with Crippen molar-refractivity contribution < 1.29 is 8.78 Å². The van der Waals surface area contributed by atoms with Gasteiger partial charge in [0.25, 0.3) is 6.08 Å². The van der Waals surface area contributed by atoms with Crippen molar-refractivity contribution in [3.8, 4) is 0 Å². The van der Waals surface area contributed by atoms with Gasteiger partial charge in [-0.05, 0) is 17.6 Å². The summed E-state index contributed by atoms with van der Waals surface area (Å²) in [7, 11) is 0. The van der Waals surface area contributed by atoms with Gasteiger partial charge in [0, 0.05) is 5.57 Å². The van der Waals surface area contributed by atoms with Crippen LogP contribution in [0.5, 0.6) is 0 Å². The molecule has 2 rings (SSSR count). The van der Waals surface area contributed by atoms with Gasteiger partial charge in [-0.25, -0.2) is 0 Å². The molecular weight excluding hydrogens is 194 g/mol. The van der Waals surface area contributed by atoms with Crippen LogP contribution < -0.4 is 0 Å². The molecule has 0 radical (unpaired) electrons. The van der Waals surface area contributed by atoms with Crippen molar-refractivity contribution in [3.63, 3.8) is 0 Å². The number of benzene rings is 1. The Morgan fingerprint density at radius 1 is 1.00 bits per heavy atom. The minimum absolute atomic E-state index is 0.106. The van der Waals surface area contributed by atoms with Crippen molar-refractivity contribution in [2.24, 2.45) is 0 Å². The predicted octanol–water partition coefficient (Wildman–Crippen LogP) is 4.18. The zero-order valence-corrected chi connectivity index (χ0v) is 8.08. The molecule has 0 atom stereocenters. The SMILES string of the molecule is FC(F)=C1C=CC(c2ccccc2)=CC1. The van der Waals surface area contributed by atoms with Gasteiger partial charge in [-0.15, -0.1) is 0 Å². The van der Waals surface area contributed by atoms with E-state index in [2.05, 4.69) is 0 Å². The molecule has 0 heterocycles. The molecule has 0 amide bonds. The van der Waals surface area contributed by atoms with E-state index in [4.69, 9.17) is 0 Å². The van der Waals surface area contributed by atoms with Crippen molar-refractivity contribution in [1.29, 1.82) is 0 Å². The van der Waals surface area contributed by atoms with Crippen LogP contribution in [0.3, 0.4) is 0 Å². The fourth-order valence-electron chi connectivity index (χ4n) is 1.53. The number of allylic oxidation sites excluding steroid dienone is 5. The van der Waals surface area contributed by atoms with E-state index in [0.29, 0.717) is 6.42 Å². The Labute approximate surface area is 87.2 Å². The molecule has 1 aliphatic rings. The average Bonchev–Trinajstić information content (AvgIpc) is 2.30. The third-order valence-corrected chi connectivity index (χ3v) is 2.36. The predicted molar refractivity (Wildman–Crippen MR) is 57.4 cm³/mol. The second-order valence-electron chi connectivity index (χ2n) is 3.35. The minimum Gasteiger partial charge on any atom is -0.173 e. The molecular formula is C13H10F2. The molecule has 2 heteroatoms. The van der Waals surface area contributed by atoms with Crippen LogP contribution in [0.1, 0.15) is 12.0 Å². The van der Waals surface area contributed by atoms with Crippen LogP contribution in [-0.4, -0.2) is 0 Å². The van der Waals surface area contributed by atoms with Crippen molar-refractivity contribution in [2.75, 3.05) is 0 Å². The Morgan fingerprint density at radius 2 is 1.73 bits per heavy atom. The Morgan fingerprint density at radius 3 is 2.27 bits per heavy atom. The summed E-state index contributed by atoms with van der Waals surface area (Å²) in [5.74, 6) is 0. The van der Waals surface area contributed by atoms with Gasteiger partial charge in [0.05, 0.1) is 0 Å². The van der Waals surface area contributed by atoms with E-state index in [0.717, 1.165) is 11.1 Å². The molecule has 0 saturated carbocycles. The maximum Gasteiger partial charge on any atom is 0.273 e. The third-order valence-electron chi connectivity index (χ3n) is 2.36. The van der Waals surface area contributed by atoms with E-state index in [1.807, 2.05) is 36.4 Å². The molecule has 15 heavy (non-hydrogen) atoms. The summed E-state index contributed by atoms with van der Waals surface area (Å²) in [5, 5.41) is 0. The van der Waals surface area contributed by atoms with Crippen LogP contribution in [0.4, 0.5) is 8.78 Å². The van der Waals surface area contributed by atoms with Crippen LogP contribution in [-0.2, 0) is 0 Å². The van der Waals surface area contributed by atoms with E-state index >= 15 is 0 Å². The van der Waals surface area contributed by atoms with Crippen molar-refractivity contribution in [3.05, 3.63) is 65.8 Å². The summed E-state index contributed by atoms with van der Waals surface area (Å²) in [6, 6.07) is 9.74. The molecule has 0 fully saturated rings. The van der Waals surface area contributed by atoms with Crippen molar-refractivity contribution >= 4 is 5.57 Å². The fraction of sp³-hybridized carbons (Fsp3) is 0.0769. The summed E-state index contributed by atoms with van der Waals surface area (Å²) in [6.07, 6.45) is 3.76. The van der Waals surface area contributed by atoms with Gasteiger partial charge >= 0.3 is 0 Å². The highest BCUT2D eigenvalue weighted by atomic mass is 19.3. The lowest BCUT2D eigenvalue weighted by Crippen LogP contribution is -1.89. The molecule has 0 bridgehead atoms. The van der Waals surface area contributed by atoms with Crippen LogP contribution >= 0.6 is 0 Å². The van der Waals surface area contributed by atoms with Gasteiger partial charge < -0.3 is 0 Å². The quantitative estimate of drug-likeness (QED) is 0.643. The number of hydrogen-bond acceptors (Lipinski definition) is 0. The van der Waals surface area contributed by atoms with Crippen molar-refractivity contribution in [1.82, 2.24) is 0 Å². The molecule has 0 unspecified atom stereocenters. The first kappa shape index (κ1) is 9.84. The lowest BCUT2D eigenvalue weighted by atomic mass is 9.97. The van der Waals surface area contributed by atoms with Crippen LogP contribution in [0.15, 0.2) is 60.2 Å². The van der Waals surface area contributed by atoms with E-state index in [1.165, 1.54) is 6.08 Å². The molecule has 1 aromatic rings. The molecule has 0 N–H and O–H groups in total. The lowest BCUT2D eigenvalue weighted by Gasteiger charge is -2.08. The first-order chi connectivity index (χ1) is 7.27. The number of hydrogen-bond donors (Lipinski definition) is 0. The van der Waals surface area contributed by atoms with E-state index < -0.39 is 6.08 Å². The summed E-state index contributed by atoms with van der Waals surface area (Å²) < 4.78 is 24.5. The Hall–Kier alpha value is -1.70. The molecule has 1 aromatic carbocycles.